The molecular formula is C18H24N4O3S. The molecule has 1 unspecified atom stereocenters. The average Bonchev–Trinajstić information content (AvgIpc) is 3.02. The van der Waals surface area contributed by atoms with Gasteiger partial charge in [-0.15, -0.1) is 0 Å². The van der Waals surface area contributed by atoms with Gasteiger partial charge in [0.05, 0.1) is 23.7 Å². The molecule has 0 saturated carbocycles. The standard InChI is InChI=1S/C18H24N4O3S/c1-14-9-16(21(2)20-14)10-22-12-18(13-22)15(6-8-26(18,23)24)11-25-17-5-3-4-7-19-17/h3-5,7,9,15H,6,8,10-13H2,1-2H3. The van der Waals surface area contributed by atoms with E-state index in [1.807, 2.05) is 30.8 Å². The Balaban J connectivity index is 1.44. The third-order valence-corrected chi connectivity index (χ3v) is 8.24. The third-order valence-electron chi connectivity index (χ3n) is 5.64. The minimum Gasteiger partial charge on any atom is -0.477 e. The molecule has 2 aromatic heterocycles. The van der Waals surface area contributed by atoms with E-state index in [1.54, 1.807) is 12.3 Å². The van der Waals surface area contributed by atoms with Crippen LogP contribution in [0.25, 0.3) is 0 Å². The van der Waals surface area contributed by atoms with E-state index in [9.17, 15) is 8.42 Å². The second-order valence-electron chi connectivity index (χ2n) is 7.39. The van der Waals surface area contributed by atoms with Crippen LogP contribution in [0.5, 0.6) is 5.88 Å². The van der Waals surface area contributed by atoms with Gasteiger partial charge in [-0.25, -0.2) is 13.4 Å². The minimum atomic E-state index is -3.10. The molecule has 4 rings (SSSR count). The topological polar surface area (TPSA) is 77.3 Å². The van der Waals surface area contributed by atoms with E-state index in [0.29, 0.717) is 32.0 Å². The summed E-state index contributed by atoms with van der Waals surface area (Å²) in [7, 11) is -1.17. The summed E-state index contributed by atoms with van der Waals surface area (Å²) in [6.07, 6.45) is 2.34. The van der Waals surface area contributed by atoms with E-state index in [1.165, 1.54) is 0 Å². The zero-order valence-electron chi connectivity index (χ0n) is 15.1. The smallest absolute Gasteiger partial charge is 0.213 e. The molecular weight excluding hydrogens is 352 g/mol. The second-order valence-corrected chi connectivity index (χ2v) is 9.84. The molecule has 0 aliphatic carbocycles. The molecule has 0 aromatic carbocycles. The largest absolute Gasteiger partial charge is 0.477 e. The van der Waals surface area contributed by atoms with E-state index in [4.69, 9.17) is 4.74 Å². The molecule has 140 valence electrons. The first-order valence-corrected chi connectivity index (χ1v) is 10.5. The van der Waals surface area contributed by atoms with Crippen LogP contribution in [0.15, 0.2) is 30.5 Å². The van der Waals surface area contributed by atoms with E-state index >= 15 is 0 Å². The molecule has 1 spiro atoms. The van der Waals surface area contributed by atoms with Crippen molar-refractivity contribution in [2.24, 2.45) is 13.0 Å². The summed E-state index contributed by atoms with van der Waals surface area (Å²) in [6.45, 7) is 4.22. The fourth-order valence-electron chi connectivity index (χ4n) is 4.19. The summed E-state index contributed by atoms with van der Waals surface area (Å²) in [5.74, 6) is 0.814. The van der Waals surface area contributed by atoms with Crippen LogP contribution in [0.1, 0.15) is 17.8 Å². The molecule has 0 N–H and O–H groups in total. The van der Waals surface area contributed by atoms with Gasteiger partial charge in [0, 0.05) is 44.9 Å². The number of sulfone groups is 1. The molecule has 4 heterocycles. The van der Waals surface area contributed by atoms with Gasteiger partial charge >= 0.3 is 0 Å². The molecule has 2 saturated heterocycles. The summed E-state index contributed by atoms with van der Waals surface area (Å²) < 4.78 is 32.5. The van der Waals surface area contributed by atoms with Crippen molar-refractivity contribution in [3.05, 3.63) is 41.9 Å². The lowest BCUT2D eigenvalue weighted by atomic mass is 9.83. The number of hydrogen-bond acceptors (Lipinski definition) is 6. The van der Waals surface area contributed by atoms with Crippen molar-refractivity contribution in [2.45, 2.75) is 24.6 Å². The van der Waals surface area contributed by atoms with Gasteiger partial charge in [0.25, 0.3) is 0 Å². The number of ether oxygens (including phenoxy) is 1. The fraction of sp³-hybridized carbons (Fsp3) is 0.556. The van der Waals surface area contributed by atoms with Crippen molar-refractivity contribution in [1.29, 1.82) is 0 Å². The van der Waals surface area contributed by atoms with Gasteiger partial charge in [0.2, 0.25) is 5.88 Å². The van der Waals surface area contributed by atoms with Crippen LogP contribution in [0.2, 0.25) is 0 Å². The third kappa shape index (κ3) is 2.91. The van der Waals surface area contributed by atoms with Crippen LogP contribution in [0.3, 0.4) is 0 Å². The maximum atomic E-state index is 12.7. The number of hydrogen-bond donors (Lipinski definition) is 0. The number of pyridine rings is 1. The van der Waals surface area contributed by atoms with Gasteiger partial charge in [-0.05, 0) is 25.5 Å². The second kappa shape index (κ2) is 6.35. The Morgan fingerprint density at radius 3 is 2.81 bits per heavy atom. The molecule has 2 aliphatic heterocycles. The van der Waals surface area contributed by atoms with E-state index in [0.717, 1.165) is 17.9 Å². The van der Waals surface area contributed by atoms with E-state index in [2.05, 4.69) is 21.0 Å². The Bertz CT molecular complexity index is 888. The van der Waals surface area contributed by atoms with E-state index in [-0.39, 0.29) is 11.7 Å². The summed E-state index contributed by atoms with van der Waals surface area (Å²) in [4.78, 5) is 6.35. The molecule has 2 fully saturated rings. The molecule has 1 atom stereocenters. The van der Waals surface area contributed by atoms with Crippen molar-refractivity contribution >= 4 is 9.84 Å². The summed E-state index contributed by atoms with van der Waals surface area (Å²) >= 11 is 0. The average molecular weight is 376 g/mol. The molecule has 26 heavy (non-hydrogen) atoms. The Morgan fingerprint density at radius 1 is 1.35 bits per heavy atom. The molecule has 2 aromatic rings. The molecule has 0 radical (unpaired) electrons. The lowest BCUT2D eigenvalue weighted by molar-refractivity contribution is 0.0563. The number of aromatic nitrogens is 3. The Morgan fingerprint density at radius 2 is 2.15 bits per heavy atom. The van der Waals surface area contributed by atoms with E-state index < -0.39 is 14.6 Å². The van der Waals surface area contributed by atoms with Crippen molar-refractivity contribution < 1.29 is 13.2 Å². The van der Waals surface area contributed by atoms with Crippen molar-refractivity contribution in [3.63, 3.8) is 0 Å². The molecule has 2 aliphatic rings. The predicted octanol–water partition coefficient (Wildman–Crippen LogP) is 1.19. The summed E-state index contributed by atoms with van der Waals surface area (Å²) in [5.41, 5.74) is 2.09. The highest BCUT2D eigenvalue weighted by atomic mass is 32.2. The van der Waals surface area contributed by atoms with Gasteiger partial charge in [-0.1, -0.05) is 6.07 Å². The summed E-state index contributed by atoms with van der Waals surface area (Å²) in [5, 5.41) is 4.36. The lowest BCUT2D eigenvalue weighted by Crippen LogP contribution is -2.67. The number of nitrogens with zero attached hydrogens (tertiary/aromatic N) is 4. The van der Waals surface area contributed by atoms with Crippen LogP contribution in [-0.2, 0) is 23.4 Å². The fourth-order valence-corrected chi connectivity index (χ4v) is 6.64. The highest BCUT2D eigenvalue weighted by molar-refractivity contribution is 7.93. The number of rotatable bonds is 5. The summed E-state index contributed by atoms with van der Waals surface area (Å²) in [6, 6.07) is 7.55. The highest BCUT2D eigenvalue weighted by Gasteiger charge is 2.61. The van der Waals surface area contributed by atoms with Crippen molar-refractivity contribution in [3.8, 4) is 5.88 Å². The zero-order chi connectivity index (χ0) is 18.4. The molecule has 0 amide bonds. The van der Waals surface area contributed by atoms with Gasteiger partial charge < -0.3 is 4.74 Å². The SMILES string of the molecule is Cc1cc(CN2CC3(C2)C(COc2ccccn2)CCS3(=O)=O)n(C)n1. The van der Waals surface area contributed by atoms with Crippen LogP contribution in [0, 0.1) is 12.8 Å². The Labute approximate surface area is 153 Å². The minimum absolute atomic E-state index is 0.0130. The normalized spacial score (nSPS) is 23.8. The lowest BCUT2D eigenvalue weighted by Gasteiger charge is -2.49. The van der Waals surface area contributed by atoms with Crippen LogP contribution in [0.4, 0.5) is 0 Å². The number of likely N-dealkylation sites (tertiary alicyclic amines) is 1. The molecule has 0 bridgehead atoms. The Kier molecular flexibility index (Phi) is 4.27. The van der Waals surface area contributed by atoms with Crippen LogP contribution >= 0.6 is 0 Å². The van der Waals surface area contributed by atoms with Gasteiger partial charge in [0.1, 0.15) is 4.75 Å². The van der Waals surface area contributed by atoms with Gasteiger partial charge in [-0.3, -0.25) is 9.58 Å². The monoisotopic (exact) mass is 376 g/mol. The first-order valence-electron chi connectivity index (χ1n) is 8.88. The van der Waals surface area contributed by atoms with Gasteiger partial charge in [-0.2, -0.15) is 5.10 Å². The predicted molar refractivity (Wildman–Crippen MR) is 97.6 cm³/mol. The first-order chi connectivity index (χ1) is 12.4. The van der Waals surface area contributed by atoms with Crippen LogP contribution in [-0.4, -0.2) is 58.3 Å². The van der Waals surface area contributed by atoms with Crippen LogP contribution < -0.4 is 4.74 Å². The quantitative estimate of drug-likeness (QED) is 0.780. The first kappa shape index (κ1) is 17.5. The Hall–Kier alpha value is -1.93. The molecule has 8 heteroatoms. The zero-order valence-corrected chi connectivity index (χ0v) is 15.9. The highest BCUT2D eigenvalue weighted by Crippen LogP contribution is 2.45. The maximum absolute atomic E-state index is 12.7. The number of aryl methyl sites for hydroxylation is 2. The van der Waals surface area contributed by atoms with Gasteiger partial charge in [0.15, 0.2) is 9.84 Å². The van der Waals surface area contributed by atoms with Crippen molar-refractivity contribution in [2.75, 3.05) is 25.4 Å². The maximum Gasteiger partial charge on any atom is 0.213 e. The molecule has 7 nitrogen and oxygen atoms in total. The van der Waals surface area contributed by atoms with Crippen molar-refractivity contribution in [1.82, 2.24) is 19.7 Å².